The minimum atomic E-state index is -0.957. The lowest BCUT2D eigenvalue weighted by Crippen LogP contribution is -2.36. The van der Waals surface area contributed by atoms with E-state index in [2.05, 4.69) is 21.2 Å². The second kappa shape index (κ2) is 6.35. The van der Waals surface area contributed by atoms with Gasteiger partial charge in [0.05, 0.1) is 17.5 Å². The molecule has 0 radical (unpaired) electrons. The average molecular weight is 344 g/mol. The number of carboxylic acid groups (broad SMARTS) is 1. The predicted molar refractivity (Wildman–Crippen MR) is 75.8 cm³/mol. The van der Waals surface area contributed by atoms with Crippen LogP contribution in [0.4, 0.5) is 10.1 Å². The molecule has 2 N–H and O–H groups in total. The molecule has 1 aliphatic carbocycles. The van der Waals surface area contributed by atoms with E-state index >= 15 is 0 Å². The number of anilines is 1. The molecule has 0 aliphatic heterocycles. The van der Waals surface area contributed by atoms with E-state index in [1.54, 1.807) is 6.07 Å². The summed E-state index contributed by atoms with van der Waals surface area (Å²) in [5.41, 5.74) is 0.0768. The van der Waals surface area contributed by atoms with E-state index in [-0.39, 0.29) is 5.69 Å². The fraction of sp³-hybridized carbons (Fsp3) is 0.429. The molecule has 0 aromatic heterocycles. The van der Waals surface area contributed by atoms with Gasteiger partial charge in [-0.3, -0.25) is 9.59 Å². The molecule has 0 saturated heterocycles. The van der Waals surface area contributed by atoms with Gasteiger partial charge in [0, 0.05) is 4.47 Å². The SMILES string of the molecule is O=C(O)[C@H]1CCCC[C@@H]1C(=O)Nc1ccc(Br)cc1F. The van der Waals surface area contributed by atoms with E-state index in [4.69, 9.17) is 5.11 Å². The zero-order chi connectivity index (χ0) is 14.7. The van der Waals surface area contributed by atoms with E-state index in [0.717, 1.165) is 12.8 Å². The predicted octanol–water partition coefficient (Wildman–Crippen LogP) is 3.42. The number of amides is 1. The van der Waals surface area contributed by atoms with E-state index < -0.39 is 29.5 Å². The highest BCUT2D eigenvalue weighted by Gasteiger charge is 2.35. The maximum atomic E-state index is 13.7. The van der Waals surface area contributed by atoms with Crippen LogP contribution in [0.1, 0.15) is 25.7 Å². The van der Waals surface area contributed by atoms with E-state index in [9.17, 15) is 14.0 Å². The number of carbonyl (C=O) groups excluding carboxylic acids is 1. The van der Waals surface area contributed by atoms with Gasteiger partial charge >= 0.3 is 5.97 Å². The van der Waals surface area contributed by atoms with Gasteiger partial charge in [0.15, 0.2) is 0 Å². The summed E-state index contributed by atoms with van der Waals surface area (Å²) < 4.78 is 14.3. The maximum absolute atomic E-state index is 13.7. The topological polar surface area (TPSA) is 66.4 Å². The second-order valence-corrected chi connectivity index (χ2v) is 5.86. The van der Waals surface area contributed by atoms with Crippen molar-refractivity contribution in [2.24, 2.45) is 11.8 Å². The molecule has 4 nitrogen and oxygen atoms in total. The minimum Gasteiger partial charge on any atom is -0.481 e. The van der Waals surface area contributed by atoms with Crippen molar-refractivity contribution < 1.29 is 19.1 Å². The highest BCUT2D eigenvalue weighted by molar-refractivity contribution is 9.10. The van der Waals surface area contributed by atoms with Gasteiger partial charge in [-0.15, -0.1) is 0 Å². The van der Waals surface area contributed by atoms with Gasteiger partial charge < -0.3 is 10.4 Å². The summed E-state index contributed by atoms with van der Waals surface area (Å²) in [5.74, 6) is -3.19. The zero-order valence-corrected chi connectivity index (χ0v) is 12.3. The Morgan fingerprint density at radius 2 is 1.90 bits per heavy atom. The van der Waals surface area contributed by atoms with Gasteiger partial charge in [-0.1, -0.05) is 28.8 Å². The first-order chi connectivity index (χ1) is 9.49. The first-order valence-corrected chi connectivity index (χ1v) is 7.27. The number of aliphatic carboxylic acids is 1. The molecule has 0 unspecified atom stereocenters. The third-order valence-electron chi connectivity index (χ3n) is 3.61. The van der Waals surface area contributed by atoms with Crippen LogP contribution in [0.5, 0.6) is 0 Å². The third-order valence-corrected chi connectivity index (χ3v) is 4.10. The summed E-state index contributed by atoms with van der Waals surface area (Å²) in [4.78, 5) is 23.3. The molecule has 108 valence electrons. The van der Waals surface area contributed by atoms with Crippen LogP contribution in [0, 0.1) is 17.7 Å². The lowest BCUT2D eigenvalue weighted by Gasteiger charge is -2.27. The number of nitrogens with one attached hydrogen (secondary N) is 1. The molecular weight excluding hydrogens is 329 g/mol. The van der Waals surface area contributed by atoms with Crippen molar-refractivity contribution in [2.45, 2.75) is 25.7 Å². The van der Waals surface area contributed by atoms with Crippen LogP contribution >= 0.6 is 15.9 Å². The standard InChI is InChI=1S/C14H15BrFNO3/c15-8-5-6-12(11(16)7-8)17-13(18)9-3-1-2-4-10(9)14(19)20/h5-7,9-10H,1-4H2,(H,17,18)(H,19,20)/t9-,10-/m0/s1. The third kappa shape index (κ3) is 3.36. The van der Waals surface area contributed by atoms with E-state index in [0.29, 0.717) is 17.3 Å². The van der Waals surface area contributed by atoms with Crippen molar-refractivity contribution in [1.82, 2.24) is 0 Å². The van der Waals surface area contributed by atoms with Gasteiger partial charge in [-0.2, -0.15) is 0 Å². The van der Waals surface area contributed by atoms with Crippen LogP contribution < -0.4 is 5.32 Å². The molecule has 2 atom stereocenters. The van der Waals surface area contributed by atoms with Crippen molar-refractivity contribution in [2.75, 3.05) is 5.32 Å². The van der Waals surface area contributed by atoms with E-state index in [1.165, 1.54) is 12.1 Å². The first-order valence-electron chi connectivity index (χ1n) is 6.48. The monoisotopic (exact) mass is 343 g/mol. The minimum absolute atomic E-state index is 0.0768. The average Bonchev–Trinajstić information content (AvgIpc) is 2.41. The molecular formula is C14H15BrFNO3. The Morgan fingerprint density at radius 1 is 1.25 bits per heavy atom. The van der Waals surface area contributed by atoms with Gasteiger partial charge in [-0.05, 0) is 31.0 Å². The normalized spacial score (nSPS) is 22.3. The molecule has 1 saturated carbocycles. The zero-order valence-electron chi connectivity index (χ0n) is 10.7. The lowest BCUT2D eigenvalue weighted by molar-refractivity contribution is -0.147. The van der Waals surface area contributed by atoms with Crippen molar-refractivity contribution in [3.63, 3.8) is 0 Å². The number of hydrogen-bond donors (Lipinski definition) is 2. The maximum Gasteiger partial charge on any atom is 0.307 e. The first kappa shape index (κ1) is 15.0. The number of hydrogen-bond acceptors (Lipinski definition) is 2. The summed E-state index contributed by atoms with van der Waals surface area (Å²) in [6, 6.07) is 4.33. The second-order valence-electron chi connectivity index (χ2n) is 4.95. The summed E-state index contributed by atoms with van der Waals surface area (Å²) in [6.07, 6.45) is 2.66. The molecule has 1 fully saturated rings. The van der Waals surface area contributed by atoms with Crippen molar-refractivity contribution in [3.05, 3.63) is 28.5 Å². The van der Waals surface area contributed by atoms with Gasteiger partial charge in [0.1, 0.15) is 5.82 Å². The van der Waals surface area contributed by atoms with E-state index in [1.807, 2.05) is 0 Å². The largest absolute Gasteiger partial charge is 0.481 e. The molecule has 1 aromatic carbocycles. The summed E-state index contributed by atoms with van der Waals surface area (Å²) in [7, 11) is 0. The molecule has 6 heteroatoms. The van der Waals surface area contributed by atoms with Gasteiger partial charge in [-0.25, -0.2) is 4.39 Å². The number of carbonyl (C=O) groups is 2. The highest BCUT2D eigenvalue weighted by atomic mass is 79.9. The van der Waals surface area contributed by atoms with Crippen molar-refractivity contribution >= 4 is 33.5 Å². The molecule has 20 heavy (non-hydrogen) atoms. The highest BCUT2D eigenvalue weighted by Crippen LogP contribution is 2.31. The Kier molecular flexibility index (Phi) is 4.75. The molecule has 1 aliphatic rings. The Hall–Kier alpha value is -1.43. The molecule has 1 aromatic rings. The molecule has 0 spiro atoms. The fourth-order valence-corrected chi connectivity index (χ4v) is 2.89. The summed E-state index contributed by atoms with van der Waals surface area (Å²) in [5, 5.41) is 11.6. The fourth-order valence-electron chi connectivity index (χ4n) is 2.56. The van der Waals surface area contributed by atoms with Crippen molar-refractivity contribution in [3.8, 4) is 0 Å². The van der Waals surface area contributed by atoms with Gasteiger partial charge in [0.2, 0.25) is 5.91 Å². The molecule has 0 heterocycles. The number of carboxylic acids is 1. The number of benzene rings is 1. The Labute approximate surface area is 124 Å². The summed E-state index contributed by atoms with van der Waals surface area (Å²) >= 11 is 3.14. The van der Waals surface area contributed by atoms with Crippen LogP contribution in [-0.2, 0) is 9.59 Å². The van der Waals surface area contributed by atoms with Gasteiger partial charge in [0.25, 0.3) is 0 Å². The molecule has 2 rings (SSSR count). The quantitative estimate of drug-likeness (QED) is 0.883. The van der Waals surface area contributed by atoms with Crippen LogP contribution in [0.25, 0.3) is 0 Å². The van der Waals surface area contributed by atoms with Crippen LogP contribution in [0.15, 0.2) is 22.7 Å². The molecule has 1 amide bonds. The van der Waals surface area contributed by atoms with Crippen LogP contribution in [0.2, 0.25) is 0 Å². The smallest absolute Gasteiger partial charge is 0.307 e. The van der Waals surface area contributed by atoms with Crippen molar-refractivity contribution in [1.29, 1.82) is 0 Å². The lowest BCUT2D eigenvalue weighted by atomic mass is 9.78. The van der Waals surface area contributed by atoms with Crippen LogP contribution in [0.3, 0.4) is 0 Å². The number of halogens is 2. The Balaban J connectivity index is 2.12. The number of rotatable bonds is 3. The van der Waals surface area contributed by atoms with Crippen LogP contribution in [-0.4, -0.2) is 17.0 Å². The molecule has 0 bridgehead atoms. The Morgan fingerprint density at radius 3 is 2.50 bits per heavy atom. The summed E-state index contributed by atoms with van der Waals surface area (Å²) in [6.45, 7) is 0. The Bertz CT molecular complexity index is 535.